The molecule has 90 valence electrons. The Labute approximate surface area is 91.4 Å². The van der Waals surface area contributed by atoms with E-state index in [0.29, 0.717) is 13.0 Å². The van der Waals surface area contributed by atoms with Crippen molar-refractivity contribution in [2.75, 3.05) is 19.8 Å². The van der Waals surface area contributed by atoms with Crippen molar-refractivity contribution in [3.8, 4) is 0 Å². The number of hydrogen-bond donors (Lipinski definition) is 2. The van der Waals surface area contributed by atoms with Crippen LogP contribution in [-0.4, -0.2) is 39.5 Å². The zero-order valence-electron chi connectivity index (χ0n) is 9.11. The first-order valence-corrected chi connectivity index (χ1v) is 6.93. The van der Waals surface area contributed by atoms with Crippen LogP contribution in [0.3, 0.4) is 0 Å². The molecule has 1 rings (SSSR count). The molecule has 1 aliphatic rings. The summed E-state index contributed by atoms with van der Waals surface area (Å²) in [5, 5.41) is -0.487. The molecule has 2 atom stereocenters. The van der Waals surface area contributed by atoms with Crippen LogP contribution in [0.1, 0.15) is 26.2 Å². The van der Waals surface area contributed by atoms with E-state index in [-0.39, 0.29) is 12.6 Å². The van der Waals surface area contributed by atoms with Gasteiger partial charge in [0.1, 0.15) is 0 Å². The molecule has 0 amide bonds. The quantitative estimate of drug-likeness (QED) is 0.694. The van der Waals surface area contributed by atoms with Crippen LogP contribution in [0.4, 0.5) is 0 Å². The fourth-order valence-corrected chi connectivity index (χ4v) is 3.21. The van der Waals surface area contributed by atoms with Crippen LogP contribution in [0.2, 0.25) is 0 Å². The fraction of sp³-hybridized carbons (Fsp3) is 1.00. The molecule has 2 unspecified atom stereocenters. The van der Waals surface area contributed by atoms with Crippen molar-refractivity contribution in [3.05, 3.63) is 0 Å². The summed E-state index contributed by atoms with van der Waals surface area (Å²) in [5.74, 6) is 0. The summed E-state index contributed by atoms with van der Waals surface area (Å²) in [6.07, 6.45) is 2.30. The van der Waals surface area contributed by atoms with E-state index in [4.69, 9.17) is 10.5 Å². The fourth-order valence-electron chi connectivity index (χ4n) is 1.67. The van der Waals surface area contributed by atoms with Gasteiger partial charge in [0.2, 0.25) is 10.0 Å². The number of nitrogens with one attached hydrogen (secondary N) is 1. The molecule has 1 heterocycles. The SMILES string of the molecule is CCC(CN)S(=O)(=O)NC1CCCOC1. The van der Waals surface area contributed by atoms with E-state index in [1.807, 2.05) is 6.92 Å². The Bertz CT molecular complexity index is 269. The molecule has 1 aliphatic heterocycles. The van der Waals surface area contributed by atoms with E-state index in [1.165, 1.54) is 0 Å². The topological polar surface area (TPSA) is 81.4 Å². The molecule has 1 fully saturated rings. The van der Waals surface area contributed by atoms with Crippen LogP contribution in [-0.2, 0) is 14.8 Å². The zero-order valence-corrected chi connectivity index (χ0v) is 9.92. The van der Waals surface area contributed by atoms with Crippen molar-refractivity contribution in [2.45, 2.75) is 37.5 Å². The van der Waals surface area contributed by atoms with Gasteiger partial charge < -0.3 is 10.5 Å². The zero-order chi connectivity index (χ0) is 11.3. The van der Waals surface area contributed by atoms with E-state index in [9.17, 15) is 8.42 Å². The van der Waals surface area contributed by atoms with Gasteiger partial charge in [-0.05, 0) is 19.3 Å². The highest BCUT2D eigenvalue weighted by molar-refractivity contribution is 7.90. The van der Waals surface area contributed by atoms with E-state index >= 15 is 0 Å². The first kappa shape index (κ1) is 12.9. The highest BCUT2D eigenvalue weighted by atomic mass is 32.2. The number of ether oxygens (including phenoxy) is 1. The van der Waals surface area contributed by atoms with Crippen LogP contribution >= 0.6 is 0 Å². The van der Waals surface area contributed by atoms with Crippen LogP contribution in [0, 0.1) is 0 Å². The summed E-state index contributed by atoms with van der Waals surface area (Å²) in [5.41, 5.74) is 5.42. The summed E-state index contributed by atoms with van der Waals surface area (Å²) < 4.78 is 31.5. The third-order valence-electron chi connectivity index (χ3n) is 2.65. The molecule has 1 saturated heterocycles. The van der Waals surface area contributed by atoms with Crippen molar-refractivity contribution in [3.63, 3.8) is 0 Å². The van der Waals surface area contributed by atoms with Gasteiger partial charge in [-0.15, -0.1) is 0 Å². The monoisotopic (exact) mass is 236 g/mol. The number of hydrogen-bond acceptors (Lipinski definition) is 4. The predicted octanol–water partition coefficient (Wildman–Crippen LogP) is -0.178. The lowest BCUT2D eigenvalue weighted by Gasteiger charge is -2.25. The van der Waals surface area contributed by atoms with Crippen LogP contribution in [0.5, 0.6) is 0 Å². The van der Waals surface area contributed by atoms with Gasteiger partial charge in [-0.1, -0.05) is 6.92 Å². The third kappa shape index (κ3) is 3.71. The maximum absolute atomic E-state index is 11.8. The molecule has 0 aromatic rings. The van der Waals surface area contributed by atoms with Gasteiger partial charge in [-0.2, -0.15) is 0 Å². The smallest absolute Gasteiger partial charge is 0.216 e. The Balaban J connectivity index is 2.54. The number of nitrogens with two attached hydrogens (primary N) is 1. The minimum Gasteiger partial charge on any atom is -0.380 e. The van der Waals surface area contributed by atoms with Crippen molar-refractivity contribution in [2.24, 2.45) is 5.73 Å². The molecule has 0 aliphatic carbocycles. The van der Waals surface area contributed by atoms with Crippen molar-refractivity contribution in [1.29, 1.82) is 0 Å². The predicted molar refractivity (Wildman–Crippen MR) is 59.0 cm³/mol. The lowest BCUT2D eigenvalue weighted by atomic mass is 10.1. The standard InChI is InChI=1S/C9H20N2O3S/c1-2-9(6-10)15(12,13)11-8-4-3-5-14-7-8/h8-9,11H,2-7,10H2,1H3. The Morgan fingerprint density at radius 1 is 1.60 bits per heavy atom. The molecule has 0 radical (unpaired) electrons. The molecular formula is C9H20N2O3S. The van der Waals surface area contributed by atoms with Crippen LogP contribution < -0.4 is 10.5 Å². The normalized spacial score (nSPS) is 25.1. The highest BCUT2D eigenvalue weighted by Gasteiger charge is 2.26. The van der Waals surface area contributed by atoms with Gasteiger partial charge in [0, 0.05) is 19.2 Å². The van der Waals surface area contributed by atoms with E-state index in [1.54, 1.807) is 0 Å². The number of rotatable bonds is 5. The second kappa shape index (κ2) is 5.79. The average molecular weight is 236 g/mol. The van der Waals surface area contributed by atoms with Crippen molar-refractivity contribution < 1.29 is 13.2 Å². The Morgan fingerprint density at radius 2 is 2.33 bits per heavy atom. The van der Waals surface area contributed by atoms with Crippen LogP contribution in [0.25, 0.3) is 0 Å². The second-order valence-corrected chi connectivity index (χ2v) is 5.84. The maximum Gasteiger partial charge on any atom is 0.216 e. The van der Waals surface area contributed by atoms with Gasteiger partial charge in [-0.25, -0.2) is 13.1 Å². The lowest BCUT2D eigenvalue weighted by molar-refractivity contribution is 0.0773. The molecule has 3 N–H and O–H groups in total. The molecule has 0 spiro atoms. The third-order valence-corrected chi connectivity index (χ3v) is 4.71. The molecule has 0 aromatic carbocycles. The molecule has 0 aromatic heterocycles. The molecular weight excluding hydrogens is 216 g/mol. The highest BCUT2D eigenvalue weighted by Crippen LogP contribution is 2.10. The minimum absolute atomic E-state index is 0.0793. The van der Waals surface area contributed by atoms with Gasteiger partial charge in [-0.3, -0.25) is 0 Å². The largest absolute Gasteiger partial charge is 0.380 e. The van der Waals surface area contributed by atoms with E-state index < -0.39 is 15.3 Å². The second-order valence-electron chi connectivity index (χ2n) is 3.84. The minimum atomic E-state index is -3.28. The summed E-state index contributed by atoms with van der Waals surface area (Å²) in [4.78, 5) is 0. The molecule has 6 heteroatoms. The van der Waals surface area contributed by atoms with Gasteiger partial charge >= 0.3 is 0 Å². The summed E-state index contributed by atoms with van der Waals surface area (Å²) in [6, 6.07) is -0.0793. The summed E-state index contributed by atoms with van der Waals surface area (Å²) in [6.45, 7) is 3.19. The van der Waals surface area contributed by atoms with Crippen molar-refractivity contribution >= 4 is 10.0 Å². The van der Waals surface area contributed by atoms with Gasteiger partial charge in [0.25, 0.3) is 0 Å². The Hall–Kier alpha value is -0.170. The molecule has 0 bridgehead atoms. The number of sulfonamides is 1. The lowest BCUT2D eigenvalue weighted by Crippen LogP contribution is -2.46. The van der Waals surface area contributed by atoms with Crippen molar-refractivity contribution in [1.82, 2.24) is 4.72 Å². The molecule has 15 heavy (non-hydrogen) atoms. The van der Waals surface area contributed by atoms with Gasteiger partial charge in [0.05, 0.1) is 11.9 Å². The van der Waals surface area contributed by atoms with Crippen LogP contribution in [0.15, 0.2) is 0 Å². The summed E-state index contributed by atoms with van der Waals surface area (Å²) >= 11 is 0. The van der Waals surface area contributed by atoms with E-state index in [2.05, 4.69) is 4.72 Å². The average Bonchev–Trinajstić information content (AvgIpc) is 2.19. The molecule has 0 saturated carbocycles. The maximum atomic E-state index is 11.8. The first-order valence-electron chi connectivity index (χ1n) is 5.39. The van der Waals surface area contributed by atoms with E-state index in [0.717, 1.165) is 19.4 Å². The summed E-state index contributed by atoms with van der Waals surface area (Å²) in [7, 11) is -3.28. The Kier molecular flexibility index (Phi) is 4.98. The Morgan fingerprint density at radius 3 is 2.80 bits per heavy atom. The van der Waals surface area contributed by atoms with Gasteiger partial charge in [0.15, 0.2) is 0 Å². The molecule has 5 nitrogen and oxygen atoms in total. The first-order chi connectivity index (χ1) is 7.10.